The molecule has 2 N–H and O–H groups in total. The van der Waals surface area contributed by atoms with Crippen molar-refractivity contribution < 1.29 is 13.6 Å². The standard InChI is InChI=1S/C14H14FNO2/c1-8(14(5-6-14)13(16)17)12-7-9-10(15)3-2-4-11(9)18-12/h2-4,7-8H,5-6H2,1H3,(H2,16,17)/t8-/m0/s1. The first-order valence-corrected chi connectivity index (χ1v) is 6.02. The van der Waals surface area contributed by atoms with Gasteiger partial charge in [-0.25, -0.2) is 4.39 Å². The minimum absolute atomic E-state index is 0.109. The van der Waals surface area contributed by atoms with Gasteiger partial charge in [-0.15, -0.1) is 0 Å². The van der Waals surface area contributed by atoms with Gasteiger partial charge in [-0.1, -0.05) is 13.0 Å². The summed E-state index contributed by atoms with van der Waals surface area (Å²) in [5, 5.41) is 0.458. The van der Waals surface area contributed by atoms with Crippen molar-refractivity contribution in [3.63, 3.8) is 0 Å². The Hall–Kier alpha value is -1.84. The van der Waals surface area contributed by atoms with Crippen molar-refractivity contribution in [1.29, 1.82) is 0 Å². The molecule has 0 radical (unpaired) electrons. The van der Waals surface area contributed by atoms with E-state index < -0.39 is 5.41 Å². The van der Waals surface area contributed by atoms with E-state index in [-0.39, 0.29) is 17.6 Å². The number of fused-ring (bicyclic) bond motifs is 1. The molecule has 0 aliphatic heterocycles. The van der Waals surface area contributed by atoms with Crippen molar-refractivity contribution in [2.75, 3.05) is 0 Å². The van der Waals surface area contributed by atoms with Gasteiger partial charge >= 0.3 is 0 Å². The summed E-state index contributed by atoms with van der Waals surface area (Å²) < 4.78 is 19.2. The Morgan fingerprint density at radius 1 is 1.50 bits per heavy atom. The summed E-state index contributed by atoms with van der Waals surface area (Å²) in [4.78, 5) is 11.5. The lowest BCUT2D eigenvalue weighted by Gasteiger charge is -2.17. The molecule has 3 rings (SSSR count). The molecule has 1 atom stereocenters. The molecule has 0 bridgehead atoms. The Kier molecular flexibility index (Phi) is 2.24. The molecule has 3 nitrogen and oxygen atoms in total. The van der Waals surface area contributed by atoms with Crippen LogP contribution in [-0.2, 0) is 4.79 Å². The number of rotatable bonds is 3. The Morgan fingerprint density at radius 2 is 2.22 bits per heavy atom. The van der Waals surface area contributed by atoms with E-state index in [4.69, 9.17) is 10.2 Å². The molecule has 4 heteroatoms. The molecule has 18 heavy (non-hydrogen) atoms. The quantitative estimate of drug-likeness (QED) is 0.906. The number of carbonyl (C=O) groups excluding carboxylic acids is 1. The fourth-order valence-corrected chi connectivity index (χ4v) is 2.56. The van der Waals surface area contributed by atoms with E-state index in [9.17, 15) is 9.18 Å². The highest BCUT2D eigenvalue weighted by atomic mass is 19.1. The third kappa shape index (κ3) is 1.45. The van der Waals surface area contributed by atoms with Crippen molar-refractivity contribution in [2.24, 2.45) is 11.1 Å². The second-order valence-corrected chi connectivity index (χ2v) is 5.04. The van der Waals surface area contributed by atoms with Crippen LogP contribution in [0.5, 0.6) is 0 Å². The molecule has 2 aromatic rings. The number of nitrogens with two attached hydrogens (primary N) is 1. The first-order chi connectivity index (χ1) is 8.54. The van der Waals surface area contributed by atoms with Gasteiger partial charge in [-0.2, -0.15) is 0 Å². The summed E-state index contributed by atoms with van der Waals surface area (Å²) in [7, 11) is 0. The van der Waals surface area contributed by atoms with Gasteiger partial charge in [0.15, 0.2) is 0 Å². The van der Waals surface area contributed by atoms with Gasteiger partial charge in [-0.3, -0.25) is 4.79 Å². The number of hydrogen-bond acceptors (Lipinski definition) is 2. The maximum atomic E-state index is 13.6. The van der Waals surface area contributed by atoms with E-state index in [0.29, 0.717) is 16.7 Å². The highest BCUT2D eigenvalue weighted by Crippen LogP contribution is 2.56. The molecule has 0 unspecified atom stereocenters. The fourth-order valence-electron chi connectivity index (χ4n) is 2.56. The normalized spacial score (nSPS) is 18.8. The molecular weight excluding hydrogens is 233 g/mol. The zero-order valence-corrected chi connectivity index (χ0v) is 10.1. The van der Waals surface area contributed by atoms with Crippen LogP contribution in [0.15, 0.2) is 28.7 Å². The minimum Gasteiger partial charge on any atom is -0.461 e. The highest BCUT2D eigenvalue weighted by molar-refractivity contribution is 5.85. The van der Waals surface area contributed by atoms with Gasteiger partial charge < -0.3 is 10.2 Å². The zero-order valence-electron chi connectivity index (χ0n) is 10.1. The third-order valence-corrected chi connectivity index (χ3v) is 4.06. The lowest BCUT2D eigenvalue weighted by Crippen LogP contribution is -2.29. The van der Waals surface area contributed by atoms with Crippen LogP contribution in [0, 0.1) is 11.2 Å². The van der Waals surface area contributed by atoms with Crippen molar-refractivity contribution in [1.82, 2.24) is 0 Å². The van der Waals surface area contributed by atoms with Crippen LogP contribution in [0.1, 0.15) is 31.4 Å². The molecular formula is C14H14FNO2. The predicted octanol–water partition coefficient (Wildman–Crippen LogP) is 2.94. The average molecular weight is 247 g/mol. The van der Waals surface area contributed by atoms with Crippen molar-refractivity contribution in [3.05, 3.63) is 35.8 Å². The number of carbonyl (C=O) groups is 1. The number of benzene rings is 1. The van der Waals surface area contributed by atoms with Crippen LogP contribution in [-0.4, -0.2) is 5.91 Å². The summed E-state index contributed by atoms with van der Waals surface area (Å²) in [6, 6.07) is 6.40. The van der Waals surface area contributed by atoms with Crippen molar-refractivity contribution >= 4 is 16.9 Å². The van der Waals surface area contributed by atoms with Crippen LogP contribution in [0.2, 0.25) is 0 Å². The third-order valence-electron chi connectivity index (χ3n) is 4.06. The molecule has 94 valence electrons. The fraction of sp³-hybridized carbons (Fsp3) is 0.357. The largest absolute Gasteiger partial charge is 0.461 e. The molecule has 0 saturated heterocycles. The Morgan fingerprint density at radius 3 is 2.78 bits per heavy atom. The number of halogens is 1. The number of primary amides is 1. The van der Waals surface area contributed by atoms with Crippen molar-refractivity contribution in [2.45, 2.75) is 25.7 Å². The molecule has 1 heterocycles. The Labute approximate surface area is 104 Å². The first-order valence-electron chi connectivity index (χ1n) is 6.02. The number of furan rings is 1. The van der Waals surface area contributed by atoms with Gasteiger partial charge in [0, 0.05) is 5.92 Å². The van der Waals surface area contributed by atoms with Gasteiger partial charge in [-0.05, 0) is 31.0 Å². The van der Waals surface area contributed by atoms with Crippen LogP contribution in [0.3, 0.4) is 0 Å². The van der Waals surface area contributed by atoms with E-state index >= 15 is 0 Å². The van der Waals surface area contributed by atoms with E-state index in [0.717, 1.165) is 12.8 Å². The summed E-state index contributed by atoms with van der Waals surface area (Å²) >= 11 is 0. The minimum atomic E-state index is -0.496. The van der Waals surface area contributed by atoms with Crippen LogP contribution in [0.4, 0.5) is 4.39 Å². The maximum absolute atomic E-state index is 13.6. The summed E-state index contributed by atoms with van der Waals surface area (Å²) in [5.41, 5.74) is 5.46. The van der Waals surface area contributed by atoms with Crippen LogP contribution in [0.25, 0.3) is 11.0 Å². The molecule has 1 aromatic heterocycles. The number of amides is 1. The SMILES string of the molecule is C[C@@H](c1cc2c(F)cccc2o1)C1(C(N)=O)CC1. The average Bonchev–Trinajstić information content (AvgIpc) is 3.03. The second kappa shape index (κ2) is 3.57. The van der Waals surface area contributed by atoms with Gasteiger partial charge in [0.2, 0.25) is 5.91 Å². The maximum Gasteiger partial charge on any atom is 0.224 e. The molecule has 1 amide bonds. The Bertz CT molecular complexity index is 628. The van der Waals surface area contributed by atoms with E-state index in [2.05, 4.69) is 0 Å². The van der Waals surface area contributed by atoms with E-state index in [1.54, 1.807) is 18.2 Å². The number of hydrogen-bond donors (Lipinski definition) is 1. The zero-order chi connectivity index (χ0) is 12.9. The van der Waals surface area contributed by atoms with Crippen LogP contribution < -0.4 is 5.73 Å². The van der Waals surface area contributed by atoms with Crippen molar-refractivity contribution in [3.8, 4) is 0 Å². The lowest BCUT2D eigenvalue weighted by atomic mass is 9.88. The van der Waals surface area contributed by atoms with Gasteiger partial charge in [0.1, 0.15) is 17.2 Å². The molecule has 0 spiro atoms. The van der Waals surface area contributed by atoms with E-state index in [1.165, 1.54) is 6.07 Å². The smallest absolute Gasteiger partial charge is 0.224 e. The molecule has 1 saturated carbocycles. The monoisotopic (exact) mass is 247 g/mol. The first kappa shape index (κ1) is 11.3. The van der Waals surface area contributed by atoms with Gasteiger partial charge in [0.05, 0.1) is 10.8 Å². The van der Waals surface area contributed by atoms with Gasteiger partial charge in [0.25, 0.3) is 0 Å². The summed E-state index contributed by atoms with van der Waals surface area (Å²) in [6.45, 7) is 1.91. The highest BCUT2D eigenvalue weighted by Gasteiger charge is 2.54. The molecule has 1 fully saturated rings. The topological polar surface area (TPSA) is 56.2 Å². The second-order valence-electron chi connectivity index (χ2n) is 5.04. The summed E-state index contributed by atoms with van der Waals surface area (Å²) in [5.74, 6) is -0.0808. The predicted molar refractivity (Wildman–Crippen MR) is 65.4 cm³/mol. The Balaban J connectivity index is 2.05. The molecule has 1 aliphatic carbocycles. The van der Waals surface area contributed by atoms with Crippen LogP contribution >= 0.6 is 0 Å². The van der Waals surface area contributed by atoms with E-state index in [1.807, 2.05) is 6.92 Å². The molecule has 1 aliphatic rings. The molecule has 1 aromatic carbocycles. The lowest BCUT2D eigenvalue weighted by molar-refractivity contribution is -0.123. The summed E-state index contributed by atoms with van der Waals surface area (Å²) in [6.07, 6.45) is 1.56.